The van der Waals surface area contributed by atoms with Gasteiger partial charge in [0.25, 0.3) is 0 Å². The van der Waals surface area contributed by atoms with Crippen molar-refractivity contribution in [2.45, 2.75) is 6.54 Å². The van der Waals surface area contributed by atoms with Crippen LogP contribution in [-0.2, 0) is 6.54 Å². The van der Waals surface area contributed by atoms with Gasteiger partial charge in [-0.05, 0) is 12.1 Å². The number of benzene rings is 1. The largest absolute Gasteiger partial charge is 0.452 e. The second-order valence-corrected chi connectivity index (χ2v) is 3.60. The van der Waals surface area contributed by atoms with Crippen molar-refractivity contribution in [1.29, 1.82) is 0 Å². The van der Waals surface area contributed by atoms with Crippen LogP contribution in [0.5, 0.6) is 11.5 Å². The van der Waals surface area contributed by atoms with Crippen LogP contribution in [-0.4, -0.2) is 21.5 Å². The van der Waals surface area contributed by atoms with E-state index in [0.717, 1.165) is 0 Å². The SMILES string of the molecule is OCCn1cc(Oc2ccccc2Cl)cn1. The Kier molecular flexibility index (Phi) is 3.44. The molecule has 0 amide bonds. The van der Waals surface area contributed by atoms with Crippen LogP contribution in [0, 0.1) is 0 Å². The molecule has 16 heavy (non-hydrogen) atoms. The van der Waals surface area contributed by atoms with E-state index in [0.29, 0.717) is 23.1 Å². The summed E-state index contributed by atoms with van der Waals surface area (Å²) in [6.07, 6.45) is 3.29. The zero-order chi connectivity index (χ0) is 11.4. The third-order valence-electron chi connectivity index (χ3n) is 2.00. The van der Waals surface area contributed by atoms with Crippen LogP contribution in [0.1, 0.15) is 0 Å². The fourth-order valence-corrected chi connectivity index (χ4v) is 1.45. The maximum atomic E-state index is 8.74. The highest BCUT2D eigenvalue weighted by molar-refractivity contribution is 6.32. The van der Waals surface area contributed by atoms with Crippen molar-refractivity contribution in [3.8, 4) is 11.5 Å². The van der Waals surface area contributed by atoms with E-state index in [1.807, 2.05) is 12.1 Å². The van der Waals surface area contributed by atoms with E-state index in [9.17, 15) is 0 Å². The van der Waals surface area contributed by atoms with Gasteiger partial charge in [-0.1, -0.05) is 23.7 Å². The molecular formula is C11H11ClN2O2. The van der Waals surface area contributed by atoms with Crippen LogP contribution in [0.15, 0.2) is 36.7 Å². The molecule has 1 aromatic carbocycles. The Hall–Kier alpha value is -1.52. The molecule has 0 aliphatic heterocycles. The molecule has 84 valence electrons. The van der Waals surface area contributed by atoms with Crippen molar-refractivity contribution >= 4 is 11.6 Å². The lowest BCUT2D eigenvalue weighted by Gasteiger charge is -2.03. The van der Waals surface area contributed by atoms with E-state index in [-0.39, 0.29) is 6.61 Å². The van der Waals surface area contributed by atoms with Gasteiger partial charge in [0.2, 0.25) is 0 Å². The number of halogens is 1. The minimum Gasteiger partial charge on any atom is -0.452 e. The molecule has 0 atom stereocenters. The Bertz CT molecular complexity index is 471. The second kappa shape index (κ2) is 5.01. The molecular weight excluding hydrogens is 228 g/mol. The number of para-hydroxylation sites is 1. The molecule has 0 fully saturated rings. The lowest BCUT2D eigenvalue weighted by molar-refractivity contribution is 0.269. The molecule has 1 heterocycles. The average Bonchev–Trinajstić information content (AvgIpc) is 2.70. The number of hydrogen-bond acceptors (Lipinski definition) is 3. The normalized spacial score (nSPS) is 10.4. The number of hydrogen-bond donors (Lipinski definition) is 1. The molecule has 0 aliphatic rings. The summed E-state index contributed by atoms with van der Waals surface area (Å²) in [7, 11) is 0. The predicted molar refractivity (Wildman–Crippen MR) is 60.8 cm³/mol. The van der Waals surface area contributed by atoms with Gasteiger partial charge in [0.05, 0.1) is 30.6 Å². The topological polar surface area (TPSA) is 47.3 Å². The average molecular weight is 239 g/mol. The second-order valence-electron chi connectivity index (χ2n) is 3.20. The van der Waals surface area contributed by atoms with Gasteiger partial charge in [-0.3, -0.25) is 4.68 Å². The molecule has 0 radical (unpaired) electrons. The van der Waals surface area contributed by atoms with Crippen LogP contribution in [0.4, 0.5) is 0 Å². The fourth-order valence-electron chi connectivity index (χ4n) is 1.28. The first-order valence-electron chi connectivity index (χ1n) is 4.85. The van der Waals surface area contributed by atoms with E-state index >= 15 is 0 Å². The molecule has 0 bridgehead atoms. The number of nitrogens with zero attached hydrogens (tertiary/aromatic N) is 2. The first-order valence-corrected chi connectivity index (χ1v) is 5.23. The first kappa shape index (κ1) is 11.0. The minimum absolute atomic E-state index is 0.0488. The maximum Gasteiger partial charge on any atom is 0.165 e. The van der Waals surface area contributed by atoms with Gasteiger partial charge in [0, 0.05) is 0 Å². The highest BCUT2D eigenvalue weighted by atomic mass is 35.5. The molecule has 2 aromatic rings. The van der Waals surface area contributed by atoms with E-state index in [1.165, 1.54) is 0 Å². The Labute approximate surface area is 98.0 Å². The van der Waals surface area contributed by atoms with Crippen molar-refractivity contribution in [3.63, 3.8) is 0 Å². The number of aliphatic hydroxyl groups is 1. The molecule has 1 aromatic heterocycles. The molecule has 4 nitrogen and oxygen atoms in total. The summed E-state index contributed by atoms with van der Waals surface area (Å²) in [5.74, 6) is 1.19. The Morgan fingerprint density at radius 2 is 2.19 bits per heavy atom. The van der Waals surface area contributed by atoms with E-state index in [2.05, 4.69) is 5.10 Å². The summed E-state index contributed by atoms with van der Waals surface area (Å²) in [5, 5.41) is 13.3. The summed E-state index contributed by atoms with van der Waals surface area (Å²) >= 11 is 5.95. The summed E-state index contributed by atoms with van der Waals surface area (Å²) in [6, 6.07) is 7.23. The highest BCUT2D eigenvalue weighted by Gasteiger charge is 2.03. The minimum atomic E-state index is 0.0488. The molecule has 0 spiro atoms. The van der Waals surface area contributed by atoms with Crippen molar-refractivity contribution in [1.82, 2.24) is 9.78 Å². The molecule has 1 N–H and O–H groups in total. The fraction of sp³-hybridized carbons (Fsp3) is 0.182. The number of aliphatic hydroxyl groups excluding tert-OH is 1. The van der Waals surface area contributed by atoms with Crippen LogP contribution >= 0.6 is 11.6 Å². The number of aromatic nitrogens is 2. The lowest BCUT2D eigenvalue weighted by Crippen LogP contribution is -2.01. The molecule has 0 saturated heterocycles. The van der Waals surface area contributed by atoms with Crippen molar-refractivity contribution in [3.05, 3.63) is 41.7 Å². The van der Waals surface area contributed by atoms with Gasteiger partial charge in [0.1, 0.15) is 5.75 Å². The molecule has 2 rings (SSSR count). The van der Waals surface area contributed by atoms with Gasteiger partial charge < -0.3 is 9.84 Å². The zero-order valence-electron chi connectivity index (χ0n) is 8.51. The van der Waals surface area contributed by atoms with E-state index < -0.39 is 0 Å². The highest BCUT2D eigenvalue weighted by Crippen LogP contribution is 2.28. The third-order valence-corrected chi connectivity index (χ3v) is 2.32. The smallest absolute Gasteiger partial charge is 0.165 e. The van der Waals surface area contributed by atoms with Crippen LogP contribution in [0.3, 0.4) is 0 Å². The number of rotatable bonds is 4. The van der Waals surface area contributed by atoms with E-state index in [1.54, 1.807) is 29.2 Å². The molecule has 5 heteroatoms. The standard InChI is InChI=1S/C11H11ClN2O2/c12-10-3-1-2-4-11(10)16-9-7-13-14(8-9)5-6-15/h1-4,7-8,15H,5-6H2. The Balaban J connectivity index is 2.11. The monoisotopic (exact) mass is 238 g/mol. The summed E-state index contributed by atoms with van der Waals surface area (Å²) in [6.45, 7) is 0.499. The Morgan fingerprint density at radius 1 is 1.38 bits per heavy atom. The predicted octanol–water partition coefficient (Wildman–Crippen LogP) is 2.32. The molecule has 0 unspecified atom stereocenters. The van der Waals surface area contributed by atoms with E-state index in [4.69, 9.17) is 21.4 Å². The van der Waals surface area contributed by atoms with Crippen LogP contribution in [0.25, 0.3) is 0 Å². The summed E-state index contributed by atoms with van der Waals surface area (Å²) < 4.78 is 7.14. The van der Waals surface area contributed by atoms with Crippen LogP contribution < -0.4 is 4.74 Å². The zero-order valence-corrected chi connectivity index (χ0v) is 9.26. The summed E-state index contributed by atoms with van der Waals surface area (Å²) in [5.41, 5.74) is 0. The van der Waals surface area contributed by atoms with Crippen molar-refractivity contribution in [2.75, 3.05) is 6.61 Å². The van der Waals surface area contributed by atoms with Gasteiger partial charge in [0.15, 0.2) is 5.75 Å². The van der Waals surface area contributed by atoms with Crippen molar-refractivity contribution < 1.29 is 9.84 Å². The summed E-state index contributed by atoms with van der Waals surface area (Å²) in [4.78, 5) is 0. The van der Waals surface area contributed by atoms with Crippen LogP contribution in [0.2, 0.25) is 5.02 Å². The number of ether oxygens (including phenoxy) is 1. The lowest BCUT2D eigenvalue weighted by atomic mass is 10.3. The van der Waals surface area contributed by atoms with Crippen molar-refractivity contribution in [2.24, 2.45) is 0 Å². The van der Waals surface area contributed by atoms with Gasteiger partial charge in [-0.2, -0.15) is 5.10 Å². The first-order chi connectivity index (χ1) is 7.79. The molecule has 0 aliphatic carbocycles. The maximum absolute atomic E-state index is 8.74. The van der Waals surface area contributed by atoms with Gasteiger partial charge in [-0.15, -0.1) is 0 Å². The Morgan fingerprint density at radius 3 is 2.94 bits per heavy atom. The molecule has 0 saturated carbocycles. The third kappa shape index (κ3) is 2.53. The van der Waals surface area contributed by atoms with Gasteiger partial charge in [-0.25, -0.2) is 0 Å². The van der Waals surface area contributed by atoms with Gasteiger partial charge >= 0.3 is 0 Å². The quantitative estimate of drug-likeness (QED) is 0.889.